The number of hydrogen-bond donors (Lipinski definition) is 1. The zero-order valence-corrected chi connectivity index (χ0v) is 13.8. The Morgan fingerprint density at radius 2 is 1.86 bits per heavy atom. The first kappa shape index (κ1) is 15.8. The number of nitrogens with one attached hydrogen (secondary N) is 1. The highest BCUT2D eigenvalue weighted by molar-refractivity contribution is 7.98. The third kappa shape index (κ3) is 5.05. The van der Waals surface area contributed by atoms with Crippen molar-refractivity contribution in [2.24, 2.45) is 0 Å². The molecule has 1 N–H and O–H groups in total. The second-order valence-electron chi connectivity index (χ2n) is 5.04. The lowest BCUT2D eigenvalue weighted by molar-refractivity contribution is 0.916. The SMILES string of the molecule is CCCNc1cc(CC)nc(CSc2ccc(C)cc2)n1. The van der Waals surface area contributed by atoms with E-state index in [1.807, 2.05) is 0 Å². The van der Waals surface area contributed by atoms with Crippen molar-refractivity contribution in [1.82, 2.24) is 9.97 Å². The minimum atomic E-state index is 0.803. The van der Waals surface area contributed by atoms with Crippen LogP contribution in [0, 0.1) is 6.92 Å². The second kappa shape index (κ2) is 8.03. The average molecular weight is 301 g/mol. The van der Waals surface area contributed by atoms with Gasteiger partial charge in [0.15, 0.2) is 0 Å². The molecule has 1 aromatic carbocycles. The van der Waals surface area contributed by atoms with Gasteiger partial charge in [-0.05, 0) is 31.9 Å². The van der Waals surface area contributed by atoms with Gasteiger partial charge < -0.3 is 5.32 Å². The van der Waals surface area contributed by atoms with Crippen LogP contribution in [0.3, 0.4) is 0 Å². The molecular weight excluding hydrogens is 278 g/mol. The predicted molar refractivity (Wildman–Crippen MR) is 90.9 cm³/mol. The largest absolute Gasteiger partial charge is 0.370 e. The summed E-state index contributed by atoms with van der Waals surface area (Å²) in [5.74, 6) is 2.65. The van der Waals surface area contributed by atoms with Crippen molar-refractivity contribution in [3.63, 3.8) is 0 Å². The van der Waals surface area contributed by atoms with Gasteiger partial charge in [0.2, 0.25) is 0 Å². The highest BCUT2D eigenvalue weighted by Crippen LogP contribution is 2.22. The fourth-order valence-corrected chi connectivity index (χ4v) is 2.68. The quantitative estimate of drug-likeness (QED) is 0.766. The van der Waals surface area contributed by atoms with Crippen molar-refractivity contribution in [3.05, 3.63) is 47.4 Å². The Morgan fingerprint density at radius 1 is 1.10 bits per heavy atom. The number of aromatic nitrogens is 2. The van der Waals surface area contributed by atoms with E-state index in [-0.39, 0.29) is 0 Å². The van der Waals surface area contributed by atoms with E-state index in [1.165, 1.54) is 10.5 Å². The Morgan fingerprint density at radius 3 is 2.52 bits per heavy atom. The van der Waals surface area contributed by atoms with Crippen LogP contribution in [0.15, 0.2) is 35.2 Å². The summed E-state index contributed by atoms with van der Waals surface area (Å²) in [5, 5.41) is 3.35. The lowest BCUT2D eigenvalue weighted by Gasteiger charge is -2.08. The fraction of sp³-hybridized carbons (Fsp3) is 0.412. The Bertz CT molecular complexity index is 567. The minimum absolute atomic E-state index is 0.803. The summed E-state index contributed by atoms with van der Waals surface area (Å²) >= 11 is 1.78. The number of anilines is 1. The Hall–Kier alpha value is -1.55. The van der Waals surface area contributed by atoms with E-state index < -0.39 is 0 Å². The molecule has 3 nitrogen and oxygen atoms in total. The zero-order chi connectivity index (χ0) is 15.1. The molecule has 0 saturated heterocycles. The molecule has 4 heteroatoms. The lowest BCUT2D eigenvalue weighted by atomic mass is 10.2. The summed E-state index contributed by atoms with van der Waals surface area (Å²) in [6.07, 6.45) is 2.03. The van der Waals surface area contributed by atoms with Gasteiger partial charge in [0.25, 0.3) is 0 Å². The maximum Gasteiger partial charge on any atom is 0.141 e. The highest BCUT2D eigenvalue weighted by atomic mass is 32.2. The van der Waals surface area contributed by atoms with E-state index in [9.17, 15) is 0 Å². The van der Waals surface area contributed by atoms with E-state index in [2.05, 4.69) is 66.4 Å². The molecule has 0 aliphatic rings. The molecule has 1 heterocycles. The third-order valence-corrected chi connectivity index (χ3v) is 4.14. The van der Waals surface area contributed by atoms with Crippen LogP contribution in [0.25, 0.3) is 0 Å². The number of aryl methyl sites for hydroxylation is 2. The van der Waals surface area contributed by atoms with Crippen LogP contribution in [0.1, 0.15) is 37.4 Å². The van der Waals surface area contributed by atoms with E-state index in [4.69, 9.17) is 0 Å². The minimum Gasteiger partial charge on any atom is -0.370 e. The summed E-state index contributed by atoms with van der Waals surface area (Å²) < 4.78 is 0. The maximum atomic E-state index is 4.62. The first-order valence-corrected chi connectivity index (χ1v) is 8.50. The topological polar surface area (TPSA) is 37.8 Å². The molecule has 0 spiro atoms. The van der Waals surface area contributed by atoms with Crippen molar-refractivity contribution < 1.29 is 0 Å². The van der Waals surface area contributed by atoms with Gasteiger partial charge >= 0.3 is 0 Å². The van der Waals surface area contributed by atoms with Crippen molar-refractivity contribution in [2.45, 2.75) is 44.3 Å². The van der Waals surface area contributed by atoms with Crippen LogP contribution in [0.4, 0.5) is 5.82 Å². The molecule has 0 aliphatic heterocycles. The molecule has 112 valence electrons. The van der Waals surface area contributed by atoms with Crippen molar-refractivity contribution in [2.75, 3.05) is 11.9 Å². The van der Waals surface area contributed by atoms with Crippen LogP contribution in [-0.2, 0) is 12.2 Å². The fourth-order valence-electron chi connectivity index (χ4n) is 1.92. The molecule has 0 aliphatic carbocycles. The number of nitrogens with zero attached hydrogens (tertiary/aromatic N) is 2. The Labute approximate surface area is 131 Å². The number of benzene rings is 1. The Balaban J connectivity index is 2.05. The van der Waals surface area contributed by atoms with Crippen molar-refractivity contribution >= 4 is 17.6 Å². The van der Waals surface area contributed by atoms with Crippen LogP contribution in [0.2, 0.25) is 0 Å². The van der Waals surface area contributed by atoms with Crippen LogP contribution >= 0.6 is 11.8 Å². The van der Waals surface area contributed by atoms with Gasteiger partial charge in [-0.2, -0.15) is 0 Å². The predicted octanol–water partition coefficient (Wildman–Crippen LogP) is 4.46. The van der Waals surface area contributed by atoms with Gasteiger partial charge in [0.05, 0.1) is 5.75 Å². The normalized spacial score (nSPS) is 10.6. The summed E-state index contributed by atoms with van der Waals surface area (Å²) in [7, 11) is 0. The molecule has 2 rings (SSSR count). The molecule has 0 saturated carbocycles. The van der Waals surface area contributed by atoms with Crippen molar-refractivity contribution in [3.8, 4) is 0 Å². The Kier molecular flexibility index (Phi) is 6.05. The molecule has 0 radical (unpaired) electrons. The summed E-state index contributed by atoms with van der Waals surface area (Å²) in [5.41, 5.74) is 2.39. The molecule has 0 amide bonds. The molecule has 21 heavy (non-hydrogen) atoms. The maximum absolute atomic E-state index is 4.62. The van der Waals surface area contributed by atoms with Crippen LogP contribution in [0.5, 0.6) is 0 Å². The summed E-state index contributed by atoms with van der Waals surface area (Å²) in [6.45, 7) is 7.34. The smallest absolute Gasteiger partial charge is 0.141 e. The van der Waals surface area contributed by atoms with E-state index >= 15 is 0 Å². The van der Waals surface area contributed by atoms with E-state index in [1.54, 1.807) is 11.8 Å². The standard InChI is InChI=1S/C17H23N3S/c1-4-10-18-16-11-14(5-2)19-17(20-16)12-21-15-8-6-13(3)7-9-15/h6-9,11H,4-5,10,12H2,1-3H3,(H,18,19,20). The second-order valence-corrected chi connectivity index (χ2v) is 6.09. The van der Waals surface area contributed by atoms with Gasteiger partial charge in [-0.1, -0.05) is 31.5 Å². The molecule has 1 aromatic heterocycles. The van der Waals surface area contributed by atoms with E-state index in [0.29, 0.717) is 0 Å². The molecule has 0 fully saturated rings. The third-order valence-electron chi connectivity index (χ3n) is 3.13. The molecule has 0 bridgehead atoms. The number of rotatable bonds is 7. The van der Waals surface area contributed by atoms with Crippen LogP contribution < -0.4 is 5.32 Å². The van der Waals surface area contributed by atoms with Gasteiger partial charge in [-0.25, -0.2) is 9.97 Å². The lowest BCUT2D eigenvalue weighted by Crippen LogP contribution is -2.06. The van der Waals surface area contributed by atoms with Crippen molar-refractivity contribution in [1.29, 1.82) is 0 Å². The molecule has 0 unspecified atom stereocenters. The monoisotopic (exact) mass is 301 g/mol. The van der Waals surface area contributed by atoms with Crippen LogP contribution in [-0.4, -0.2) is 16.5 Å². The highest BCUT2D eigenvalue weighted by Gasteiger charge is 2.04. The first-order chi connectivity index (χ1) is 10.2. The van der Waals surface area contributed by atoms with Gasteiger partial charge in [0, 0.05) is 23.2 Å². The zero-order valence-electron chi connectivity index (χ0n) is 13.0. The van der Waals surface area contributed by atoms with Gasteiger partial charge in [-0.3, -0.25) is 0 Å². The summed E-state index contributed by atoms with van der Waals surface area (Å²) in [4.78, 5) is 10.5. The number of hydrogen-bond acceptors (Lipinski definition) is 4. The average Bonchev–Trinajstić information content (AvgIpc) is 2.52. The molecular formula is C17H23N3S. The summed E-state index contributed by atoms with van der Waals surface area (Å²) in [6, 6.07) is 10.6. The first-order valence-electron chi connectivity index (χ1n) is 7.51. The van der Waals surface area contributed by atoms with Gasteiger partial charge in [0.1, 0.15) is 11.6 Å². The molecule has 0 atom stereocenters. The molecule has 2 aromatic rings. The van der Waals surface area contributed by atoms with E-state index in [0.717, 1.165) is 42.5 Å². The van der Waals surface area contributed by atoms with Gasteiger partial charge in [-0.15, -0.1) is 11.8 Å². The number of thioether (sulfide) groups is 1.